The van der Waals surface area contributed by atoms with E-state index in [1.54, 1.807) is 30.3 Å². The summed E-state index contributed by atoms with van der Waals surface area (Å²) >= 11 is 18.2. The van der Waals surface area contributed by atoms with Crippen LogP contribution in [0.3, 0.4) is 0 Å². The molecule has 0 radical (unpaired) electrons. The first-order chi connectivity index (χ1) is 13.9. The maximum absolute atomic E-state index is 13.2. The number of nitrogens with zero attached hydrogens (tertiary/aromatic N) is 1. The lowest BCUT2D eigenvalue weighted by atomic mass is 9.73. The van der Waals surface area contributed by atoms with Crippen LogP contribution < -0.4 is 5.73 Å². The van der Waals surface area contributed by atoms with E-state index < -0.39 is 5.92 Å². The first kappa shape index (κ1) is 19.8. The number of nitriles is 1. The number of nitrogens with two attached hydrogens (primary N) is 1. The highest BCUT2D eigenvalue weighted by Gasteiger charge is 2.41. The van der Waals surface area contributed by atoms with E-state index in [0.29, 0.717) is 44.8 Å². The second-order valence-corrected chi connectivity index (χ2v) is 8.27. The molecule has 0 spiro atoms. The molecule has 29 heavy (non-hydrogen) atoms. The number of carbonyl (C=O) groups is 1. The zero-order chi connectivity index (χ0) is 20.7. The van der Waals surface area contributed by atoms with E-state index in [1.165, 1.54) is 0 Å². The van der Waals surface area contributed by atoms with Crippen molar-refractivity contribution < 1.29 is 9.53 Å². The Morgan fingerprint density at radius 3 is 2.34 bits per heavy atom. The molecule has 1 aliphatic carbocycles. The average Bonchev–Trinajstić information content (AvgIpc) is 2.69. The number of allylic oxidation sites excluding steroid dienone is 3. The third-order valence-electron chi connectivity index (χ3n) is 5.28. The Balaban J connectivity index is 1.79. The Morgan fingerprint density at radius 2 is 1.69 bits per heavy atom. The van der Waals surface area contributed by atoms with E-state index >= 15 is 0 Å². The number of halogens is 3. The van der Waals surface area contributed by atoms with Crippen molar-refractivity contribution in [2.24, 2.45) is 5.73 Å². The smallest absolute Gasteiger partial charge is 0.205 e. The molecule has 1 heterocycles. The topological polar surface area (TPSA) is 76.1 Å². The van der Waals surface area contributed by atoms with Gasteiger partial charge in [-0.2, -0.15) is 5.26 Å². The van der Waals surface area contributed by atoms with Crippen LogP contribution in [0.2, 0.25) is 15.1 Å². The summed E-state index contributed by atoms with van der Waals surface area (Å²) in [6.45, 7) is 0. The normalized spacial score (nSPS) is 21.5. The number of ketones is 1. The van der Waals surface area contributed by atoms with E-state index in [2.05, 4.69) is 6.07 Å². The van der Waals surface area contributed by atoms with Crippen molar-refractivity contribution in [3.8, 4) is 6.07 Å². The number of ether oxygens (including phenoxy) is 1. The lowest BCUT2D eigenvalue weighted by molar-refractivity contribution is -0.117. The van der Waals surface area contributed by atoms with Crippen LogP contribution in [0, 0.1) is 11.3 Å². The van der Waals surface area contributed by atoms with Crippen molar-refractivity contribution in [2.45, 2.75) is 24.7 Å². The fourth-order valence-electron chi connectivity index (χ4n) is 3.90. The van der Waals surface area contributed by atoms with E-state index in [0.717, 1.165) is 5.56 Å². The monoisotopic (exact) mass is 444 g/mol. The van der Waals surface area contributed by atoms with Crippen LogP contribution in [0.4, 0.5) is 0 Å². The van der Waals surface area contributed by atoms with Gasteiger partial charge in [-0.15, -0.1) is 0 Å². The van der Waals surface area contributed by atoms with E-state index in [1.807, 2.05) is 12.1 Å². The maximum Gasteiger partial charge on any atom is 0.205 e. The van der Waals surface area contributed by atoms with Crippen molar-refractivity contribution in [1.82, 2.24) is 0 Å². The predicted molar refractivity (Wildman–Crippen MR) is 113 cm³/mol. The van der Waals surface area contributed by atoms with Crippen LogP contribution in [0.15, 0.2) is 65.3 Å². The molecular formula is C22H15Cl3N2O2. The summed E-state index contributed by atoms with van der Waals surface area (Å²) in [7, 11) is 0. The Hall–Kier alpha value is -2.45. The standard InChI is InChI=1S/C22H15Cl3N2O2/c23-14-4-1-11(2-5-14)13-8-18(28)21-19(9-13)29-22(27)15(10-26)20(21)12-3-6-16(24)17(25)7-12/h1-7,13,20H,8-9,27H2/t13-,20+/m0/s1. The molecule has 0 fully saturated rings. The third kappa shape index (κ3) is 3.62. The highest BCUT2D eigenvalue weighted by Crippen LogP contribution is 2.47. The summed E-state index contributed by atoms with van der Waals surface area (Å²) in [5, 5.41) is 11.0. The Labute approximate surface area is 183 Å². The van der Waals surface area contributed by atoms with Crippen molar-refractivity contribution in [3.63, 3.8) is 0 Å². The van der Waals surface area contributed by atoms with Gasteiger partial charge in [0.1, 0.15) is 17.4 Å². The molecule has 7 heteroatoms. The quantitative estimate of drug-likeness (QED) is 0.628. The first-order valence-corrected chi connectivity index (χ1v) is 10.1. The minimum absolute atomic E-state index is 0.00637. The van der Waals surface area contributed by atoms with E-state index in [4.69, 9.17) is 45.3 Å². The third-order valence-corrected chi connectivity index (χ3v) is 6.27. The number of carbonyl (C=O) groups excluding carboxylic acids is 1. The molecule has 2 aromatic rings. The van der Waals surface area contributed by atoms with Gasteiger partial charge in [0.05, 0.1) is 16.0 Å². The van der Waals surface area contributed by atoms with Crippen LogP contribution in [-0.2, 0) is 9.53 Å². The van der Waals surface area contributed by atoms with Crippen molar-refractivity contribution >= 4 is 40.6 Å². The summed E-state index contributed by atoms with van der Waals surface area (Å²) in [4.78, 5) is 13.2. The molecule has 146 valence electrons. The van der Waals surface area contributed by atoms with Crippen molar-refractivity contribution in [1.29, 1.82) is 5.26 Å². The van der Waals surface area contributed by atoms with Crippen LogP contribution >= 0.6 is 34.8 Å². The molecule has 0 bridgehead atoms. The zero-order valence-corrected chi connectivity index (χ0v) is 17.4. The molecular weight excluding hydrogens is 431 g/mol. The largest absolute Gasteiger partial charge is 0.444 e. The van der Waals surface area contributed by atoms with Gasteiger partial charge in [0.2, 0.25) is 5.88 Å². The van der Waals surface area contributed by atoms with Gasteiger partial charge in [-0.05, 0) is 41.3 Å². The summed E-state index contributed by atoms with van der Waals surface area (Å²) in [6.07, 6.45) is 0.806. The molecule has 0 unspecified atom stereocenters. The molecule has 0 saturated heterocycles. The summed E-state index contributed by atoms with van der Waals surface area (Å²) in [5.41, 5.74) is 8.38. The molecule has 2 aliphatic rings. The lowest BCUT2D eigenvalue weighted by Crippen LogP contribution is -2.29. The van der Waals surface area contributed by atoms with Crippen LogP contribution in [0.5, 0.6) is 0 Å². The zero-order valence-electron chi connectivity index (χ0n) is 15.1. The van der Waals surface area contributed by atoms with Gasteiger partial charge in [-0.3, -0.25) is 4.79 Å². The average molecular weight is 446 g/mol. The second kappa shape index (κ2) is 7.76. The molecule has 4 rings (SSSR count). The molecule has 0 saturated carbocycles. The maximum atomic E-state index is 13.2. The van der Waals surface area contributed by atoms with E-state index in [-0.39, 0.29) is 23.2 Å². The highest BCUT2D eigenvalue weighted by atomic mass is 35.5. The molecule has 2 aromatic carbocycles. The first-order valence-electron chi connectivity index (χ1n) is 8.93. The summed E-state index contributed by atoms with van der Waals surface area (Å²) < 4.78 is 5.75. The van der Waals surface area contributed by atoms with Gasteiger partial charge < -0.3 is 10.5 Å². The minimum Gasteiger partial charge on any atom is -0.444 e. The number of Topliss-reactive ketones (excluding diaryl/α,β-unsaturated/α-hetero) is 1. The lowest BCUT2D eigenvalue weighted by Gasteiger charge is -2.34. The Kier molecular flexibility index (Phi) is 5.31. The van der Waals surface area contributed by atoms with Gasteiger partial charge in [-0.25, -0.2) is 0 Å². The molecule has 4 nitrogen and oxygen atoms in total. The Bertz CT molecular complexity index is 1110. The molecule has 1 aliphatic heterocycles. The van der Waals surface area contributed by atoms with Gasteiger partial charge in [0, 0.05) is 23.4 Å². The highest BCUT2D eigenvalue weighted by molar-refractivity contribution is 6.42. The van der Waals surface area contributed by atoms with Crippen LogP contribution in [-0.4, -0.2) is 5.78 Å². The van der Waals surface area contributed by atoms with Crippen molar-refractivity contribution in [2.75, 3.05) is 0 Å². The fraction of sp³-hybridized carbons (Fsp3) is 0.182. The molecule has 0 amide bonds. The number of hydrogen-bond acceptors (Lipinski definition) is 4. The molecule has 2 N–H and O–H groups in total. The van der Waals surface area contributed by atoms with Gasteiger partial charge >= 0.3 is 0 Å². The fourth-order valence-corrected chi connectivity index (χ4v) is 4.34. The minimum atomic E-state index is -0.628. The summed E-state index contributed by atoms with van der Waals surface area (Å²) in [6, 6.07) is 14.6. The molecule has 2 atom stereocenters. The predicted octanol–water partition coefficient (Wildman–Crippen LogP) is 5.86. The van der Waals surface area contributed by atoms with Crippen molar-refractivity contribution in [3.05, 3.63) is 91.4 Å². The van der Waals surface area contributed by atoms with E-state index in [9.17, 15) is 10.1 Å². The van der Waals surface area contributed by atoms with Gasteiger partial charge in [0.15, 0.2) is 5.78 Å². The number of benzene rings is 2. The second-order valence-electron chi connectivity index (χ2n) is 7.02. The van der Waals surface area contributed by atoms with Crippen LogP contribution in [0.25, 0.3) is 0 Å². The van der Waals surface area contributed by atoms with Gasteiger partial charge in [-0.1, -0.05) is 53.0 Å². The molecule has 0 aromatic heterocycles. The van der Waals surface area contributed by atoms with Gasteiger partial charge in [0.25, 0.3) is 0 Å². The number of rotatable bonds is 2. The SMILES string of the molecule is N#CC1=C(N)OC2=C(C(=O)C[C@H](c3ccc(Cl)cc3)C2)[C@@H]1c1ccc(Cl)c(Cl)c1. The number of hydrogen-bond donors (Lipinski definition) is 1. The summed E-state index contributed by atoms with van der Waals surface area (Å²) in [5.74, 6) is -0.259. The van der Waals surface area contributed by atoms with Crippen LogP contribution in [0.1, 0.15) is 35.8 Å². The Morgan fingerprint density at radius 1 is 1.00 bits per heavy atom.